The minimum Gasteiger partial charge on any atom is -0.312 e. The van der Waals surface area contributed by atoms with Crippen molar-refractivity contribution >= 4 is 34.0 Å². The lowest BCUT2D eigenvalue weighted by Gasteiger charge is -2.07. The maximum Gasteiger partial charge on any atom is 0.256 e. The van der Waals surface area contributed by atoms with E-state index in [4.69, 9.17) is 4.98 Å². The number of anilines is 1. The smallest absolute Gasteiger partial charge is 0.256 e. The second-order valence-electron chi connectivity index (χ2n) is 5.71. The Morgan fingerprint density at radius 2 is 1.88 bits per heavy atom. The number of hydrogen-bond acceptors (Lipinski definition) is 4. The summed E-state index contributed by atoms with van der Waals surface area (Å²) in [7, 11) is 0. The van der Waals surface area contributed by atoms with Crippen molar-refractivity contribution < 1.29 is 4.79 Å². The Labute approximate surface area is 156 Å². The standard InChI is InChI=1S/C20H20N2OS2/c1-4-24-20-21-17(15-8-6-5-7-9-15)19(25-20)22-18(23)16-11-10-13(2)14(3)12-16/h5-12H,4H2,1-3H3,(H,22,23). The molecule has 0 fully saturated rings. The molecule has 1 amide bonds. The lowest BCUT2D eigenvalue weighted by Crippen LogP contribution is -2.12. The molecule has 0 saturated carbocycles. The van der Waals surface area contributed by atoms with E-state index in [1.165, 1.54) is 16.9 Å². The van der Waals surface area contributed by atoms with Crippen molar-refractivity contribution in [2.75, 3.05) is 11.1 Å². The summed E-state index contributed by atoms with van der Waals surface area (Å²) >= 11 is 3.22. The highest BCUT2D eigenvalue weighted by Gasteiger charge is 2.16. The van der Waals surface area contributed by atoms with Crippen LogP contribution in [-0.4, -0.2) is 16.6 Å². The predicted molar refractivity (Wildman–Crippen MR) is 108 cm³/mol. The normalized spacial score (nSPS) is 10.7. The van der Waals surface area contributed by atoms with Gasteiger partial charge in [0.1, 0.15) is 10.7 Å². The Morgan fingerprint density at radius 1 is 1.12 bits per heavy atom. The molecule has 3 aromatic rings. The van der Waals surface area contributed by atoms with Gasteiger partial charge in [0, 0.05) is 11.1 Å². The summed E-state index contributed by atoms with van der Waals surface area (Å²) in [5, 5.41) is 3.85. The first-order valence-electron chi connectivity index (χ1n) is 8.16. The second kappa shape index (κ2) is 7.85. The molecule has 128 valence electrons. The van der Waals surface area contributed by atoms with Crippen LogP contribution in [0.15, 0.2) is 52.9 Å². The van der Waals surface area contributed by atoms with Crippen LogP contribution in [0.3, 0.4) is 0 Å². The van der Waals surface area contributed by atoms with Gasteiger partial charge in [-0.3, -0.25) is 4.79 Å². The highest BCUT2D eigenvalue weighted by molar-refractivity contribution is 8.01. The molecule has 5 heteroatoms. The van der Waals surface area contributed by atoms with E-state index in [2.05, 4.69) is 12.2 Å². The molecule has 3 nitrogen and oxygen atoms in total. The number of nitrogens with zero attached hydrogens (tertiary/aromatic N) is 1. The minimum absolute atomic E-state index is 0.100. The molecule has 0 aliphatic rings. The third-order valence-corrected chi connectivity index (χ3v) is 5.91. The third kappa shape index (κ3) is 4.11. The quantitative estimate of drug-likeness (QED) is 0.579. The van der Waals surface area contributed by atoms with Crippen molar-refractivity contribution in [3.63, 3.8) is 0 Å². The van der Waals surface area contributed by atoms with E-state index < -0.39 is 0 Å². The molecule has 0 saturated heterocycles. The Bertz CT molecular complexity index is 888. The number of thiazole rings is 1. The molecule has 0 bridgehead atoms. The molecule has 0 aliphatic heterocycles. The van der Waals surface area contributed by atoms with Crippen molar-refractivity contribution in [3.05, 3.63) is 65.2 Å². The minimum atomic E-state index is -0.100. The van der Waals surface area contributed by atoms with Crippen LogP contribution in [0.2, 0.25) is 0 Å². The molecular weight excluding hydrogens is 348 g/mol. The van der Waals surface area contributed by atoms with Gasteiger partial charge in [0.05, 0.1) is 0 Å². The van der Waals surface area contributed by atoms with Gasteiger partial charge in [-0.2, -0.15) is 0 Å². The number of aromatic nitrogens is 1. The number of aryl methyl sites for hydroxylation is 2. The average molecular weight is 369 g/mol. The van der Waals surface area contributed by atoms with Gasteiger partial charge in [0.25, 0.3) is 5.91 Å². The van der Waals surface area contributed by atoms with Gasteiger partial charge in [-0.05, 0) is 42.9 Å². The molecule has 0 spiro atoms. The Balaban J connectivity index is 1.93. The molecule has 25 heavy (non-hydrogen) atoms. The van der Waals surface area contributed by atoms with Gasteiger partial charge in [-0.15, -0.1) is 0 Å². The molecule has 1 heterocycles. The number of rotatable bonds is 5. The van der Waals surface area contributed by atoms with Crippen molar-refractivity contribution in [1.29, 1.82) is 0 Å². The summed E-state index contributed by atoms with van der Waals surface area (Å²) in [6, 6.07) is 15.7. The molecule has 1 aromatic heterocycles. The Morgan fingerprint density at radius 3 is 2.56 bits per heavy atom. The summed E-state index contributed by atoms with van der Waals surface area (Å²) in [5.74, 6) is 0.851. The third-order valence-electron chi connectivity index (χ3n) is 3.92. The molecule has 0 radical (unpaired) electrons. The van der Waals surface area contributed by atoms with E-state index in [0.29, 0.717) is 5.56 Å². The fourth-order valence-electron chi connectivity index (χ4n) is 2.42. The van der Waals surface area contributed by atoms with Gasteiger partial charge in [0.2, 0.25) is 0 Å². The topological polar surface area (TPSA) is 42.0 Å². The monoisotopic (exact) mass is 368 g/mol. The fourth-order valence-corrected chi connectivity index (χ4v) is 4.38. The summed E-state index contributed by atoms with van der Waals surface area (Å²) in [6.45, 7) is 6.16. The Kier molecular flexibility index (Phi) is 5.56. The summed E-state index contributed by atoms with van der Waals surface area (Å²) in [5.41, 5.74) is 4.81. The van der Waals surface area contributed by atoms with Crippen LogP contribution in [-0.2, 0) is 0 Å². The van der Waals surface area contributed by atoms with Crippen LogP contribution in [0.5, 0.6) is 0 Å². The zero-order chi connectivity index (χ0) is 17.8. The lowest BCUT2D eigenvalue weighted by molar-refractivity contribution is 0.102. The number of amides is 1. The van der Waals surface area contributed by atoms with Crippen LogP contribution in [0.1, 0.15) is 28.4 Å². The lowest BCUT2D eigenvalue weighted by atomic mass is 10.1. The molecule has 3 rings (SSSR count). The zero-order valence-electron chi connectivity index (χ0n) is 14.5. The van der Waals surface area contributed by atoms with E-state index in [1.54, 1.807) is 11.8 Å². The van der Waals surface area contributed by atoms with Crippen LogP contribution >= 0.6 is 23.1 Å². The largest absolute Gasteiger partial charge is 0.312 e. The van der Waals surface area contributed by atoms with E-state index >= 15 is 0 Å². The summed E-state index contributed by atoms with van der Waals surface area (Å²) < 4.78 is 0.969. The number of carbonyl (C=O) groups is 1. The van der Waals surface area contributed by atoms with Crippen molar-refractivity contribution in [2.24, 2.45) is 0 Å². The number of hydrogen-bond donors (Lipinski definition) is 1. The first-order chi connectivity index (χ1) is 12.1. The molecule has 1 N–H and O–H groups in total. The highest BCUT2D eigenvalue weighted by Crippen LogP contribution is 2.37. The van der Waals surface area contributed by atoms with E-state index in [9.17, 15) is 4.79 Å². The van der Waals surface area contributed by atoms with E-state index in [1.807, 2.05) is 62.4 Å². The zero-order valence-corrected chi connectivity index (χ0v) is 16.1. The van der Waals surface area contributed by atoms with E-state index in [-0.39, 0.29) is 5.91 Å². The second-order valence-corrected chi connectivity index (χ2v) is 8.22. The summed E-state index contributed by atoms with van der Waals surface area (Å²) in [6.07, 6.45) is 0. The van der Waals surface area contributed by atoms with Gasteiger partial charge in [-0.25, -0.2) is 4.98 Å². The number of thioether (sulfide) groups is 1. The van der Waals surface area contributed by atoms with Crippen molar-refractivity contribution in [3.8, 4) is 11.3 Å². The van der Waals surface area contributed by atoms with Gasteiger partial charge in [0.15, 0.2) is 4.34 Å². The van der Waals surface area contributed by atoms with Gasteiger partial charge >= 0.3 is 0 Å². The Hall–Kier alpha value is -2.11. The molecule has 0 aliphatic carbocycles. The number of benzene rings is 2. The fraction of sp³-hybridized carbons (Fsp3) is 0.200. The maximum atomic E-state index is 12.7. The number of carbonyl (C=O) groups excluding carboxylic acids is 1. The van der Waals surface area contributed by atoms with Crippen LogP contribution in [0, 0.1) is 13.8 Å². The SMILES string of the molecule is CCSc1nc(-c2ccccc2)c(NC(=O)c2ccc(C)c(C)c2)s1. The summed E-state index contributed by atoms with van der Waals surface area (Å²) in [4.78, 5) is 17.4. The molecule has 2 aromatic carbocycles. The van der Waals surface area contributed by atoms with Crippen molar-refractivity contribution in [2.45, 2.75) is 25.1 Å². The first kappa shape index (κ1) is 17.7. The first-order valence-corrected chi connectivity index (χ1v) is 9.96. The van der Waals surface area contributed by atoms with Crippen LogP contribution in [0.4, 0.5) is 5.00 Å². The van der Waals surface area contributed by atoms with Crippen molar-refractivity contribution in [1.82, 2.24) is 4.98 Å². The predicted octanol–water partition coefficient (Wildman–Crippen LogP) is 5.79. The molecular formula is C20H20N2OS2. The average Bonchev–Trinajstić information content (AvgIpc) is 3.01. The van der Waals surface area contributed by atoms with Gasteiger partial charge < -0.3 is 5.32 Å². The maximum absolute atomic E-state index is 12.7. The van der Waals surface area contributed by atoms with E-state index in [0.717, 1.165) is 31.9 Å². The molecule has 0 atom stereocenters. The van der Waals surface area contributed by atoms with Crippen LogP contribution in [0.25, 0.3) is 11.3 Å². The molecule has 0 unspecified atom stereocenters. The van der Waals surface area contributed by atoms with Gasteiger partial charge in [-0.1, -0.05) is 66.4 Å². The van der Waals surface area contributed by atoms with Crippen LogP contribution < -0.4 is 5.32 Å². The number of nitrogens with one attached hydrogen (secondary N) is 1. The highest BCUT2D eigenvalue weighted by atomic mass is 32.2.